The van der Waals surface area contributed by atoms with Gasteiger partial charge in [-0.25, -0.2) is 8.78 Å². The first-order valence-electron chi connectivity index (χ1n) is 8.52. The number of benzene rings is 2. The molecule has 0 aliphatic rings. The van der Waals surface area contributed by atoms with E-state index in [0.29, 0.717) is 29.4 Å². The predicted molar refractivity (Wildman–Crippen MR) is 97.3 cm³/mol. The van der Waals surface area contributed by atoms with Gasteiger partial charge in [-0.15, -0.1) is 0 Å². The molecule has 0 amide bonds. The highest BCUT2D eigenvalue weighted by atomic mass is 19.1. The lowest BCUT2D eigenvalue weighted by Gasteiger charge is -2.21. The summed E-state index contributed by atoms with van der Waals surface area (Å²) < 4.78 is 37.6. The van der Waals surface area contributed by atoms with E-state index in [1.807, 2.05) is 24.9 Å². The Kier molecular flexibility index (Phi) is 5.51. The van der Waals surface area contributed by atoms with Gasteiger partial charge in [0.15, 0.2) is 11.6 Å². The molecule has 0 N–H and O–H groups in total. The number of hydrogen-bond donors (Lipinski definition) is 0. The second kappa shape index (κ2) is 7.84. The molecule has 2 aromatic carbocycles. The lowest BCUT2D eigenvalue weighted by Crippen LogP contribution is -2.22. The average Bonchev–Trinajstić information content (AvgIpc) is 3.13. The Morgan fingerprint density at radius 2 is 1.93 bits per heavy atom. The molecular weight excluding hydrogens is 352 g/mol. The Bertz CT molecular complexity index is 943. The fraction of sp³-hybridized carbons (Fsp3) is 0.300. The number of halogens is 2. The van der Waals surface area contributed by atoms with Gasteiger partial charge in [-0.1, -0.05) is 11.2 Å². The highest BCUT2D eigenvalue weighted by Crippen LogP contribution is 2.25. The van der Waals surface area contributed by atoms with Crippen molar-refractivity contribution in [2.75, 3.05) is 14.2 Å². The van der Waals surface area contributed by atoms with E-state index < -0.39 is 5.82 Å². The van der Waals surface area contributed by atoms with Gasteiger partial charge in [0.05, 0.1) is 13.2 Å². The van der Waals surface area contributed by atoms with Crippen LogP contribution in [0.2, 0.25) is 0 Å². The summed E-state index contributed by atoms with van der Waals surface area (Å²) in [5.74, 6) is 0.378. The standard InChI is InChI=1S/C20H21F2N3O2/c1-12-9-15(6-7-16(12)21)19-23-20(27-24-19)13(2)25(3)11-14-5-8-18(26-4)17(22)10-14/h5-10,13H,11H2,1-4H3. The summed E-state index contributed by atoms with van der Waals surface area (Å²) in [6.45, 7) is 4.10. The smallest absolute Gasteiger partial charge is 0.244 e. The van der Waals surface area contributed by atoms with Crippen LogP contribution in [0.15, 0.2) is 40.9 Å². The minimum absolute atomic E-state index is 0.182. The number of methoxy groups -OCH3 is 1. The van der Waals surface area contributed by atoms with Crippen molar-refractivity contribution >= 4 is 0 Å². The Morgan fingerprint density at radius 1 is 1.15 bits per heavy atom. The third-order valence-corrected chi connectivity index (χ3v) is 4.52. The van der Waals surface area contributed by atoms with Gasteiger partial charge in [0.1, 0.15) is 5.82 Å². The van der Waals surface area contributed by atoms with Gasteiger partial charge in [0.2, 0.25) is 11.7 Å². The lowest BCUT2D eigenvalue weighted by atomic mass is 10.1. The van der Waals surface area contributed by atoms with E-state index in [-0.39, 0.29) is 17.6 Å². The van der Waals surface area contributed by atoms with Crippen molar-refractivity contribution in [2.45, 2.75) is 26.4 Å². The maximum atomic E-state index is 13.9. The monoisotopic (exact) mass is 373 g/mol. The lowest BCUT2D eigenvalue weighted by molar-refractivity contribution is 0.202. The Morgan fingerprint density at radius 3 is 2.59 bits per heavy atom. The molecule has 27 heavy (non-hydrogen) atoms. The predicted octanol–water partition coefficient (Wildman–Crippen LogP) is 4.52. The molecule has 3 aromatic rings. The third-order valence-electron chi connectivity index (χ3n) is 4.52. The molecule has 1 aromatic heterocycles. The van der Waals surface area contributed by atoms with Crippen molar-refractivity contribution < 1.29 is 18.0 Å². The second-order valence-electron chi connectivity index (χ2n) is 6.48. The highest BCUT2D eigenvalue weighted by Gasteiger charge is 2.20. The number of hydrogen-bond acceptors (Lipinski definition) is 5. The van der Waals surface area contributed by atoms with Gasteiger partial charge in [0, 0.05) is 12.1 Å². The Balaban J connectivity index is 1.73. The fourth-order valence-electron chi connectivity index (χ4n) is 2.73. The summed E-state index contributed by atoms with van der Waals surface area (Å²) >= 11 is 0. The van der Waals surface area contributed by atoms with Crippen LogP contribution in [0.5, 0.6) is 5.75 Å². The van der Waals surface area contributed by atoms with Crippen LogP contribution in [-0.4, -0.2) is 29.2 Å². The van der Waals surface area contributed by atoms with Gasteiger partial charge in [-0.05, 0) is 62.4 Å². The van der Waals surface area contributed by atoms with Gasteiger partial charge < -0.3 is 9.26 Å². The van der Waals surface area contributed by atoms with Crippen LogP contribution in [0.3, 0.4) is 0 Å². The first-order valence-corrected chi connectivity index (χ1v) is 8.52. The minimum Gasteiger partial charge on any atom is -0.494 e. The topological polar surface area (TPSA) is 51.4 Å². The third kappa shape index (κ3) is 4.14. The van der Waals surface area contributed by atoms with E-state index in [4.69, 9.17) is 9.26 Å². The zero-order chi connectivity index (χ0) is 19.6. The minimum atomic E-state index is -0.400. The summed E-state index contributed by atoms with van der Waals surface area (Å²) in [5, 5.41) is 3.99. The van der Waals surface area contributed by atoms with Crippen LogP contribution in [0, 0.1) is 18.6 Å². The molecule has 0 aliphatic heterocycles. The number of aromatic nitrogens is 2. The normalized spacial score (nSPS) is 12.4. The first-order chi connectivity index (χ1) is 12.9. The van der Waals surface area contributed by atoms with Crippen molar-refractivity contribution in [1.29, 1.82) is 0 Å². The molecule has 0 saturated heterocycles. The van der Waals surface area contributed by atoms with E-state index in [1.165, 1.54) is 19.2 Å². The van der Waals surface area contributed by atoms with E-state index in [1.54, 1.807) is 25.1 Å². The Hall–Kier alpha value is -2.80. The average molecular weight is 373 g/mol. The van der Waals surface area contributed by atoms with Crippen molar-refractivity contribution in [2.24, 2.45) is 0 Å². The molecule has 1 unspecified atom stereocenters. The van der Waals surface area contributed by atoms with Crippen molar-refractivity contribution in [3.63, 3.8) is 0 Å². The zero-order valence-corrected chi connectivity index (χ0v) is 15.7. The van der Waals surface area contributed by atoms with Gasteiger partial charge in [-0.2, -0.15) is 4.98 Å². The Labute approximate surface area is 156 Å². The van der Waals surface area contributed by atoms with Gasteiger partial charge >= 0.3 is 0 Å². The molecule has 1 atom stereocenters. The van der Waals surface area contributed by atoms with Gasteiger partial charge in [-0.3, -0.25) is 4.90 Å². The number of nitrogens with zero attached hydrogens (tertiary/aromatic N) is 3. The molecule has 0 saturated carbocycles. The molecule has 142 valence electrons. The maximum Gasteiger partial charge on any atom is 0.244 e. The first kappa shape index (κ1) is 19.0. The van der Waals surface area contributed by atoms with Crippen LogP contribution in [0.4, 0.5) is 8.78 Å². The molecule has 5 nitrogen and oxygen atoms in total. The quantitative estimate of drug-likeness (QED) is 0.636. The van der Waals surface area contributed by atoms with Crippen LogP contribution >= 0.6 is 0 Å². The van der Waals surface area contributed by atoms with Crippen LogP contribution < -0.4 is 4.74 Å². The fourth-order valence-corrected chi connectivity index (χ4v) is 2.73. The SMILES string of the molecule is COc1ccc(CN(C)C(C)c2nc(-c3ccc(F)c(C)c3)no2)cc1F. The molecule has 1 heterocycles. The van der Waals surface area contributed by atoms with Crippen molar-refractivity contribution in [3.05, 3.63) is 65.1 Å². The van der Waals surface area contributed by atoms with Crippen molar-refractivity contribution in [3.8, 4) is 17.1 Å². The molecule has 0 aliphatic carbocycles. The van der Waals surface area contributed by atoms with E-state index in [9.17, 15) is 8.78 Å². The number of ether oxygens (including phenoxy) is 1. The summed E-state index contributed by atoms with van der Waals surface area (Å²) in [4.78, 5) is 6.39. The zero-order valence-electron chi connectivity index (χ0n) is 15.7. The van der Waals surface area contributed by atoms with Crippen LogP contribution in [0.1, 0.15) is 30.0 Å². The summed E-state index contributed by atoms with van der Waals surface area (Å²) in [7, 11) is 3.32. The number of rotatable bonds is 6. The molecule has 0 spiro atoms. The summed E-state index contributed by atoms with van der Waals surface area (Å²) in [6, 6.07) is 9.36. The van der Waals surface area contributed by atoms with Crippen molar-refractivity contribution in [1.82, 2.24) is 15.0 Å². The number of aryl methyl sites for hydroxylation is 1. The van der Waals surface area contributed by atoms with Gasteiger partial charge in [0.25, 0.3) is 0 Å². The second-order valence-corrected chi connectivity index (χ2v) is 6.48. The summed E-state index contributed by atoms with van der Waals surface area (Å²) in [6.07, 6.45) is 0. The van der Waals surface area contributed by atoms with Crippen LogP contribution in [0.25, 0.3) is 11.4 Å². The molecule has 0 radical (unpaired) electrons. The molecule has 0 bridgehead atoms. The highest BCUT2D eigenvalue weighted by molar-refractivity contribution is 5.55. The summed E-state index contributed by atoms with van der Waals surface area (Å²) in [5.41, 5.74) is 2.01. The molecule has 7 heteroatoms. The van der Waals surface area contributed by atoms with E-state index in [2.05, 4.69) is 10.1 Å². The van der Waals surface area contributed by atoms with E-state index >= 15 is 0 Å². The largest absolute Gasteiger partial charge is 0.494 e. The maximum absolute atomic E-state index is 13.9. The van der Waals surface area contributed by atoms with Crippen LogP contribution in [-0.2, 0) is 6.54 Å². The molecule has 0 fully saturated rings. The van der Waals surface area contributed by atoms with E-state index in [0.717, 1.165) is 5.56 Å². The molecular formula is C20H21F2N3O2. The molecule has 3 rings (SSSR count).